The first kappa shape index (κ1) is 18.8. The van der Waals surface area contributed by atoms with Crippen molar-refractivity contribution in [3.63, 3.8) is 0 Å². The van der Waals surface area contributed by atoms with Crippen LogP contribution in [0, 0.1) is 0 Å². The Morgan fingerprint density at radius 3 is 2.39 bits per heavy atom. The summed E-state index contributed by atoms with van der Waals surface area (Å²) in [5.74, 6) is 0.823. The number of para-hydroxylation sites is 1. The molecule has 0 radical (unpaired) electrons. The Labute approximate surface area is 143 Å². The third-order valence-electron chi connectivity index (χ3n) is 3.66. The largest absolute Gasteiger partial charge is 0.497 e. The predicted octanol–water partition coefficient (Wildman–Crippen LogP) is 3.40. The smallest absolute Gasteiger partial charge is 0.255 e. The van der Waals surface area contributed by atoms with Gasteiger partial charge in [-0.3, -0.25) is 4.79 Å². The maximum Gasteiger partial charge on any atom is 0.255 e. The molecule has 0 saturated heterocycles. The number of nitrogen functional groups attached to an aromatic ring is 1. The molecule has 0 bridgehead atoms. The predicted molar refractivity (Wildman–Crippen MR) is 96.4 cm³/mol. The first-order valence-electron chi connectivity index (χ1n) is 7.34. The molecule has 124 valence electrons. The molecule has 0 atom stereocenters. The molecular weight excluding hydrogens is 312 g/mol. The summed E-state index contributed by atoms with van der Waals surface area (Å²) in [6.07, 6.45) is 1.83. The van der Waals surface area contributed by atoms with E-state index in [4.69, 9.17) is 10.5 Å². The first-order valence-corrected chi connectivity index (χ1v) is 7.34. The summed E-state index contributed by atoms with van der Waals surface area (Å²) in [6, 6.07) is 15.2. The summed E-state index contributed by atoms with van der Waals surface area (Å²) in [6.45, 7) is 0.694. The van der Waals surface area contributed by atoms with E-state index in [0.29, 0.717) is 17.8 Å². The van der Waals surface area contributed by atoms with Crippen LogP contribution in [0.5, 0.6) is 5.75 Å². The van der Waals surface area contributed by atoms with Gasteiger partial charge in [0.2, 0.25) is 0 Å². The lowest BCUT2D eigenvalue weighted by Gasteiger charge is -2.18. The van der Waals surface area contributed by atoms with Gasteiger partial charge in [-0.1, -0.05) is 24.3 Å². The molecule has 1 amide bonds. The lowest BCUT2D eigenvalue weighted by molar-refractivity contribution is 0.0794. The van der Waals surface area contributed by atoms with Crippen molar-refractivity contribution in [2.24, 2.45) is 0 Å². The van der Waals surface area contributed by atoms with E-state index >= 15 is 0 Å². The highest BCUT2D eigenvalue weighted by molar-refractivity contribution is 5.98. The molecule has 0 fully saturated rings. The van der Waals surface area contributed by atoms with Crippen LogP contribution >= 0.6 is 12.4 Å². The van der Waals surface area contributed by atoms with E-state index < -0.39 is 0 Å². The number of rotatable bonds is 6. The van der Waals surface area contributed by atoms with Gasteiger partial charge in [-0.2, -0.15) is 0 Å². The number of aryl methyl sites for hydroxylation is 1. The molecule has 0 aliphatic carbocycles. The molecule has 0 aromatic heterocycles. The molecule has 2 N–H and O–H groups in total. The minimum absolute atomic E-state index is 0. The van der Waals surface area contributed by atoms with Crippen LogP contribution in [0.25, 0.3) is 0 Å². The Bertz CT molecular complexity index is 629. The lowest BCUT2D eigenvalue weighted by Crippen LogP contribution is -2.28. The minimum Gasteiger partial charge on any atom is -0.497 e. The summed E-state index contributed by atoms with van der Waals surface area (Å²) in [5, 5.41) is 0. The van der Waals surface area contributed by atoms with Crippen molar-refractivity contribution in [1.29, 1.82) is 0 Å². The first-order chi connectivity index (χ1) is 10.6. The second kappa shape index (κ2) is 9.06. The summed E-state index contributed by atoms with van der Waals surface area (Å²) in [7, 11) is 3.47. The van der Waals surface area contributed by atoms with Gasteiger partial charge >= 0.3 is 0 Å². The van der Waals surface area contributed by atoms with Crippen molar-refractivity contribution < 1.29 is 9.53 Å². The number of hydrogen-bond donors (Lipinski definition) is 1. The van der Waals surface area contributed by atoms with Crippen molar-refractivity contribution >= 4 is 24.0 Å². The summed E-state index contributed by atoms with van der Waals surface area (Å²) in [5.41, 5.74) is 8.17. The van der Waals surface area contributed by atoms with Gasteiger partial charge in [0.05, 0.1) is 12.7 Å². The van der Waals surface area contributed by atoms with Crippen LogP contribution in [0.4, 0.5) is 5.69 Å². The Morgan fingerprint density at radius 2 is 1.78 bits per heavy atom. The average molecular weight is 335 g/mol. The second-order valence-electron chi connectivity index (χ2n) is 5.27. The molecule has 0 unspecified atom stereocenters. The number of anilines is 1. The maximum absolute atomic E-state index is 12.3. The normalized spacial score (nSPS) is 9.83. The summed E-state index contributed by atoms with van der Waals surface area (Å²) in [4.78, 5) is 14.0. The van der Waals surface area contributed by atoms with Crippen molar-refractivity contribution in [3.05, 3.63) is 59.7 Å². The van der Waals surface area contributed by atoms with Gasteiger partial charge in [-0.15, -0.1) is 12.4 Å². The fourth-order valence-corrected chi connectivity index (χ4v) is 2.31. The zero-order valence-corrected chi connectivity index (χ0v) is 14.3. The number of hydrogen-bond acceptors (Lipinski definition) is 3. The van der Waals surface area contributed by atoms with Gasteiger partial charge in [0, 0.05) is 19.3 Å². The topological polar surface area (TPSA) is 55.6 Å². The molecule has 0 heterocycles. The maximum atomic E-state index is 12.3. The Balaban J connectivity index is 0.00000264. The van der Waals surface area contributed by atoms with Gasteiger partial charge in [0.25, 0.3) is 5.91 Å². The van der Waals surface area contributed by atoms with E-state index in [-0.39, 0.29) is 18.3 Å². The lowest BCUT2D eigenvalue weighted by atomic mass is 10.1. The van der Waals surface area contributed by atoms with E-state index in [1.165, 1.54) is 5.56 Å². The molecule has 23 heavy (non-hydrogen) atoms. The van der Waals surface area contributed by atoms with Crippen LogP contribution in [0.1, 0.15) is 22.3 Å². The van der Waals surface area contributed by atoms with Gasteiger partial charge in [-0.25, -0.2) is 0 Å². The van der Waals surface area contributed by atoms with E-state index in [9.17, 15) is 4.79 Å². The fraction of sp³-hybridized carbons (Fsp3) is 0.278. The van der Waals surface area contributed by atoms with Crippen LogP contribution < -0.4 is 10.5 Å². The highest BCUT2D eigenvalue weighted by atomic mass is 35.5. The highest BCUT2D eigenvalue weighted by Crippen LogP contribution is 2.15. The number of methoxy groups -OCH3 is 1. The van der Waals surface area contributed by atoms with Crippen LogP contribution in [0.15, 0.2) is 48.5 Å². The Morgan fingerprint density at radius 1 is 1.13 bits per heavy atom. The number of nitrogens with zero attached hydrogens (tertiary/aromatic N) is 1. The highest BCUT2D eigenvalue weighted by Gasteiger charge is 2.13. The zero-order valence-electron chi connectivity index (χ0n) is 13.5. The van der Waals surface area contributed by atoms with Gasteiger partial charge < -0.3 is 15.4 Å². The molecule has 4 nitrogen and oxygen atoms in total. The number of benzene rings is 2. The molecule has 2 aromatic carbocycles. The van der Waals surface area contributed by atoms with E-state index in [0.717, 1.165) is 18.6 Å². The van der Waals surface area contributed by atoms with Crippen molar-refractivity contribution in [1.82, 2.24) is 4.90 Å². The number of carbonyl (C=O) groups is 1. The molecular formula is C18H23ClN2O2. The molecule has 0 spiro atoms. The van der Waals surface area contributed by atoms with E-state index in [1.54, 1.807) is 24.1 Å². The van der Waals surface area contributed by atoms with Crippen LogP contribution in [-0.2, 0) is 6.42 Å². The molecule has 2 rings (SSSR count). The third-order valence-corrected chi connectivity index (χ3v) is 3.66. The Hall–Kier alpha value is -2.20. The van der Waals surface area contributed by atoms with Gasteiger partial charge in [-0.05, 0) is 42.7 Å². The van der Waals surface area contributed by atoms with Crippen LogP contribution in [-0.4, -0.2) is 31.5 Å². The van der Waals surface area contributed by atoms with Crippen molar-refractivity contribution in [3.8, 4) is 5.75 Å². The Kier molecular flexibility index (Phi) is 7.42. The summed E-state index contributed by atoms with van der Waals surface area (Å²) >= 11 is 0. The SMILES string of the molecule is COc1ccc(CCCN(C)C(=O)c2ccccc2N)cc1.Cl. The molecule has 0 saturated carbocycles. The number of amides is 1. The standard InChI is InChI=1S/C18H22N2O2.ClH/c1-20(18(21)16-7-3-4-8-17(16)19)13-5-6-14-9-11-15(22-2)12-10-14;/h3-4,7-12H,5-6,13,19H2,1-2H3;1H. The third kappa shape index (κ3) is 5.18. The zero-order chi connectivity index (χ0) is 15.9. The van der Waals surface area contributed by atoms with E-state index in [1.807, 2.05) is 31.3 Å². The second-order valence-corrected chi connectivity index (χ2v) is 5.27. The van der Waals surface area contributed by atoms with E-state index in [2.05, 4.69) is 12.1 Å². The number of halogens is 1. The molecule has 0 aliphatic heterocycles. The number of carbonyl (C=O) groups excluding carboxylic acids is 1. The molecule has 0 aliphatic rings. The minimum atomic E-state index is -0.0344. The monoisotopic (exact) mass is 334 g/mol. The van der Waals surface area contributed by atoms with Crippen molar-refractivity contribution in [2.75, 3.05) is 26.4 Å². The fourth-order valence-electron chi connectivity index (χ4n) is 2.31. The number of ether oxygens (including phenoxy) is 1. The number of nitrogens with two attached hydrogens (primary N) is 1. The van der Waals surface area contributed by atoms with Crippen molar-refractivity contribution in [2.45, 2.75) is 12.8 Å². The summed E-state index contributed by atoms with van der Waals surface area (Å²) < 4.78 is 5.14. The van der Waals surface area contributed by atoms with Crippen LogP contribution in [0.3, 0.4) is 0 Å². The van der Waals surface area contributed by atoms with Gasteiger partial charge in [0.15, 0.2) is 0 Å². The average Bonchev–Trinajstić information content (AvgIpc) is 2.55. The van der Waals surface area contributed by atoms with Gasteiger partial charge in [0.1, 0.15) is 5.75 Å². The molecule has 5 heteroatoms. The van der Waals surface area contributed by atoms with Crippen LogP contribution in [0.2, 0.25) is 0 Å². The molecule has 2 aromatic rings. The quantitative estimate of drug-likeness (QED) is 0.824.